The van der Waals surface area contributed by atoms with E-state index in [4.69, 9.17) is 9.84 Å². The molecule has 0 aliphatic rings. The maximum Gasteiger partial charge on any atom is 0.303 e. The molecule has 0 saturated carbocycles. The van der Waals surface area contributed by atoms with Gasteiger partial charge in [-0.25, -0.2) is 0 Å². The molecule has 0 radical (unpaired) electrons. The van der Waals surface area contributed by atoms with Gasteiger partial charge in [0.1, 0.15) is 5.75 Å². The first-order chi connectivity index (χ1) is 9.43. The number of carboxylic acid groups (broad SMARTS) is 1. The predicted octanol–water partition coefficient (Wildman–Crippen LogP) is 2.37. The van der Waals surface area contributed by atoms with Gasteiger partial charge in [-0.05, 0) is 18.9 Å². The zero-order valence-corrected chi connectivity index (χ0v) is 12.1. The summed E-state index contributed by atoms with van der Waals surface area (Å²) in [4.78, 5) is 22.4. The van der Waals surface area contributed by atoms with Crippen LogP contribution in [0.1, 0.15) is 38.3 Å². The molecule has 1 unspecified atom stereocenters. The summed E-state index contributed by atoms with van der Waals surface area (Å²) in [6.07, 6.45) is 0.197. The highest BCUT2D eigenvalue weighted by molar-refractivity contribution is 5.77. The number of hydrogen-bond donors (Lipinski definition) is 2. The molecule has 5 heteroatoms. The van der Waals surface area contributed by atoms with E-state index in [-0.39, 0.29) is 30.7 Å². The predicted molar refractivity (Wildman–Crippen MR) is 75.6 cm³/mol. The van der Waals surface area contributed by atoms with Gasteiger partial charge in [-0.15, -0.1) is 0 Å². The van der Waals surface area contributed by atoms with Gasteiger partial charge >= 0.3 is 5.97 Å². The van der Waals surface area contributed by atoms with E-state index in [0.717, 1.165) is 11.3 Å². The van der Waals surface area contributed by atoms with E-state index >= 15 is 0 Å². The highest BCUT2D eigenvalue weighted by atomic mass is 16.5. The summed E-state index contributed by atoms with van der Waals surface area (Å²) in [6, 6.07) is 7.30. The number of para-hydroxylation sites is 1. The van der Waals surface area contributed by atoms with Crippen molar-refractivity contribution in [3.8, 4) is 5.75 Å². The lowest BCUT2D eigenvalue weighted by molar-refractivity contribution is -0.138. The van der Waals surface area contributed by atoms with Crippen molar-refractivity contribution in [1.29, 1.82) is 0 Å². The Bertz CT molecular complexity index is 473. The Morgan fingerprint density at radius 2 is 1.90 bits per heavy atom. The third-order valence-electron chi connectivity index (χ3n) is 3.04. The van der Waals surface area contributed by atoms with Gasteiger partial charge < -0.3 is 15.2 Å². The van der Waals surface area contributed by atoms with E-state index in [1.165, 1.54) is 0 Å². The molecule has 0 fully saturated rings. The second-order valence-electron chi connectivity index (χ2n) is 4.94. The summed E-state index contributed by atoms with van der Waals surface area (Å²) in [5.74, 6) is -0.503. The molecule has 110 valence electrons. The monoisotopic (exact) mass is 279 g/mol. The number of carboxylic acids is 1. The van der Waals surface area contributed by atoms with Crippen molar-refractivity contribution < 1.29 is 19.4 Å². The maximum atomic E-state index is 11.9. The number of carbonyl (C=O) groups excluding carboxylic acids is 1. The highest BCUT2D eigenvalue weighted by Crippen LogP contribution is 2.24. The number of nitrogens with one attached hydrogen (secondary N) is 1. The minimum absolute atomic E-state index is 0.00351. The van der Waals surface area contributed by atoms with E-state index in [9.17, 15) is 9.59 Å². The fourth-order valence-corrected chi connectivity index (χ4v) is 2.09. The van der Waals surface area contributed by atoms with E-state index in [0.29, 0.717) is 0 Å². The lowest BCUT2D eigenvalue weighted by atomic mass is 10.0. The van der Waals surface area contributed by atoms with E-state index < -0.39 is 5.97 Å². The van der Waals surface area contributed by atoms with Gasteiger partial charge in [-0.3, -0.25) is 9.59 Å². The lowest BCUT2D eigenvalue weighted by Crippen LogP contribution is -2.28. The molecule has 0 saturated heterocycles. The number of aliphatic carboxylic acids is 1. The zero-order valence-electron chi connectivity index (χ0n) is 12.1. The topological polar surface area (TPSA) is 75.6 Å². The van der Waals surface area contributed by atoms with Gasteiger partial charge in [0, 0.05) is 18.4 Å². The first-order valence-electron chi connectivity index (χ1n) is 6.58. The Labute approximate surface area is 118 Å². The van der Waals surface area contributed by atoms with E-state index in [2.05, 4.69) is 5.32 Å². The molecule has 0 aromatic heterocycles. The van der Waals surface area contributed by atoms with Crippen molar-refractivity contribution in [2.75, 3.05) is 7.11 Å². The number of methoxy groups -OCH3 is 1. The summed E-state index contributed by atoms with van der Waals surface area (Å²) in [5, 5.41) is 11.5. The standard InChI is InChI=1S/C15H21NO4/c1-10(9-15(18)19)8-14(17)16-11(2)12-6-4-5-7-13(12)20-3/h4-7,10-11H,8-9H2,1-3H3,(H,16,17)(H,18,19)/t10?,11-/m0/s1. The number of benzene rings is 1. The van der Waals surface area contributed by atoms with Crippen molar-refractivity contribution in [1.82, 2.24) is 5.32 Å². The maximum absolute atomic E-state index is 11.9. The first-order valence-corrected chi connectivity index (χ1v) is 6.58. The van der Waals surface area contributed by atoms with E-state index in [1.807, 2.05) is 31.2 Å². The molecule has 0 aliphatic carbocycles. The SMILES string of the molecule is COc1ccccc1[C@H](C)NC(=O)CC(C)CC(=O)O. The molecule has 0 aliphatic heterocycles. The number of rotatable bonds is 7. The third-order valence-corrected chi connectivity index (χ3v) is 3.04. The number of carbonyl (C=O) groups is 2. The summed E-state index contributed by atoms with van der Waals surface area (Å²) < 4.78 is 5.25. The molecule has 0 bridgehead atoms. The largest absolute Gasteiger partial charge is 0.496 e. The van der Waals surface area contributed by atoms with Gasteiger partial charge in [0.25, 0.3) is 0 Å². The van der Waals surface area contributed by atoms with Crippen LogP contribution in [0.3, 0.4) is 0 Å². The molecular weight excluding hydrogens is 258 g/mol. The quantitative estimate of drug-likeness (QED) is 0.803. The second-order valence-corrected chi connectivity index (χ2v) is 4.94. The second kappa shape index (κ2) is 7.53. The smallest absolute Gasteiger partial charge is 0.303 e. The Morgan fingerprint density at radius 1 is 1.25 bits per heavy atom. The van der Waals surface area contributed by atoms with Crippen LogP contribution < -0.4 is 10.1 Å². The van der Waals surface area contributed by atoms with Gasteiger partial charge in [-0.2, -0.15) is 0 Å². The molecule has 5 nitrogen and oxygen atoms in total. The highest BCUT2D eigenvalue weighted by Gasteiger charge is 2.16. The summed E-state index contributed by atoms with van der Waals surface area (Å²) in [6.45, 7) is 3.62. The normalized spacial score (nSPS) is 13.3. The minimum atomic E-state index is -0.886. The van der Waals surface area contributed by atoms with Crippen LogP contribution in [0.2, 0.25) is 0 Å². The van der Waals surface area contributed by atoms with Gasteiger partial charge in [-0.1, -0.05) is 25.1 Å². The van der Waals surface area contributed by atoms with Crippen LogP contribution in [-0.2, 0) is 9.59 Å². The van der Waals surface area contributed by atoms with Crippen molar-refractivity contribution in [3.05, 3.63) is 29.8 Å². The molecule has 1 aromatic carbocycles. The van der Waals surface area contributed by atoms with E-state index in [1.54, 1.807) is 14.0 Å². The number of hydrogen-bond acceptors (Lipinski definition) is 3. The summed E-state index contributed by atoms with van der Waals surface area (Å²) in [7, 11) is 1.59. The number of ether oxygens (including phenoxy) is 1. The fraction of sp³-hybridized carbons (Fsp3) is 0.467. The van der Waals surface area contributed by atoms with Gasteiger partial charge in [0.05, 0.1) is 13.2 Å². The van der Waals surface area contributed by atoms with Crippen molar-refractivity contribution in [2.24, 2.45) is 5.92 Å². The molecule has 2 N–H and O–H groups in total. The summed E-state index contributed by atoms with van der Waals surface area (Å²) in [5.41, 5.74) is 0.897. The van der Waals surface area contributed by atoms with Crippen LogP contribution in [0, 0.1) is 5.92 Å². The Hall–Kier alpha value is -2.04. The Balaban J connectivity index is 2.59. The molecule has 20 heavy (non-hydrogen) atoms. The van der Waals surface area contributed by atoms with Crippen LogP contribution in [0.25, 0.3) is 0 Å². The first kappa shape index (κ1) is 16.0. The molecule has 1 aromatic rings. The summed E-state index contributed by atoms with van der Waals surface area (Å²) >= 11 is 0. The van der Waals surface area contributed by atoms with Crippen LogP contribution in [-0.4, -0.2) is 24.1 Å². The van der Waals surface area contributed by atoms with Crippen LogP contribution >= 0.6 is 0 Å². The van der Waals surface area contributed by atoms with Crippen molar-refractivity contribution in [2.45, 2.75) is 32.7 Å². The molecule has 2 atom stereocenters. The Morgan fingerprint density at radius 3 is 2.50 bits per heavy atom. The van der Waals surface area contributed by atoms with Crippen LogP contribution in [0.15, 0.2) is 24.3 Å². The molecule has 0 spiro atoms. The van der Waals surface area contributed by atoms with Crippen molar-refractivity contribution >= 4 is 11.9 Å². The minimum Gasteiger partial charge on any atom is -0.496 e. The third kappa shape index (κ3) is 4.91. The Kier molecular flexibility index (Phi) is 6.03. The van der Waals surface area contributed by atoms with Crippen molar-refractivity contribution in [3.63, 3.8) is 0 Å². The molecule has 0 heterocycles. The fourth-order valence-electron chi connectivity index (χ4n) is 2.09. The van der Waals surface area contributed by atoms with Gasteiger partial charge in [0.2, 0.25) is 5.91 Å². The average Bonchev–Trinajstić information content (AvgIpc) is 2.37. The van der Waals surface area contributed by atoms with Gasteiger partial charge in [0.15, 0.2) is 0 Å². The molecule has 1 rings (SSSR count). The zero-order chi connectivity index (χ0) is 15.1. The molecule has 1 amide bonds. The average molecular weight is 279 g/mol. The number of amides is 1. The lowest BCUT2D eigenvalue weighted by Gasteiger charge is -2.18. The van der Waals surface area contributed by atoms with Crippen LogP contribution in [0.5, 0.6) is 5.75 Å². The van der Waals surface area contributed by atoms with Crippen LogP contribution in [0.4, 0.5) is 0 Å². The molecular formula is C15H21NO4.